The SMILES string of the molecule is FN1BNBNB1. The van der Waals surface area contributed by atoms with Crippen LogP contribution < -0.4 is 10.3 Å². The second kappa shape index (κ2) is 2.35. The molecule has 1 aliphatic rings. The van der Waals surface area contributed by atoms with Crippen molar-refractivity contribution in [2.75, 3.05) is 0 Å². The van der Waals surface area contributed by atoms with Crippen molar-refractivity contribution in [3.05, 3.63) is 0 Å². The smallest absolute Gasteiger partial charge is 0.300 e. The summed E-state index contributed by atoms with van der Waals surface area (Å²) >= 11 is 0. The van der Waals surface area contributed by atoms with Crippen molar-refractivity contribution in [2.45, 2.75) is 0 Å². The summed E-state index contributed by atoms with van der Waals surface area (Å²) in [5.74, 6) is 0. The van der Waals surface area contributed by atoms with Crippen molar-refractivity contribution in [2.24, 2.45) is 0 Å². The van der Waals surface area contributed by atoms with Gasteiger partial charge in [0, 0.05) is 0 Å². The standard InChI is InChI=1S/B3FH5N3/c4-7-2-5-1-6-3-7/h1-3,5-6H. The number of hydrogen-bond acceptors (Lipinski definition) is 3. The Morgan fingerprint density at radius 3 is 2.14 bits per heavy atom. The largest absolute Gasteiger partial charge is 0.376 e. The van der Waals surface area contributed by atoms with E-state index in [0.717, 1.165) is 0 Å². The van der Waals surface area contributed by atoms with Gasteiger partial charge in [0.05, 0.1) is 0 Å². The molecule has 36 valence electrons. The van der Waals surface area contributed by atoms with E-state index in [1.165, 1.54) is 0 Å². The Labute approximate surface area is 43.4 Å². The topological polar surface area (TPSA) is 27.3 Å². The maximum atomic E-state index is 11.9. The molecule has 0 amide bonds. The molecule has 7 heteroatoms. The fraction of sp³-hybridized carbons (Fsp3) is 0. The predicted molar refractivity (Wildman–Crippen MR) is 30.7 cm³/mol. The molecular weight excluding hydrogens is 93.5 g/mol. The van der Waals surface area contributed by atoms with Crippen LogP contribution in [0.25, 0.3) is 0 Å². The van der Waals surface area contributed by atoms with E-state index in [1.54, 1.807) is 0 Å². The van der Waals surface area contributed by atoms with E-state index in [9.17, 15) is 4.48 Å². The van der Waals surface area contributed by atoms with E-state index in [2.05, 4.69) is 10.3 Å². The van der Waals surface area contributed by atoms with Crippen LogP contribution in [-0.4, -0.2) is 27.6 Å². The van der Waals surface area contributed by atoms with Gasteiger partial charge in [-0.1, -0.05) is 0 Å². The van der Waals surface area contributed by atoms with E-state index in [-0.39, 0.29) is 0 Å². The Kier molecular flexibility index (Phi) is 1.73. The van der Waals surface area contributed by atoms with Gasteiger partial charge < -0.3 is 10.3 Å². The highest BCUT2D eigenvalue weighted by atomic mass is 19.2. The van der Waals surface area contributed by atoms with Gasteiger partial charge in [0.25, 0.3) is 22.6 Å². The third-order valence-corrected chi connectivity index (χ3v) is 0.817. The van der Waals surface area contributed by atoms with Crippen LogP contribution >= 0.6 is 0 Å². The molecule has 7 heavy (non-hydrogen) atoms. The Balaban J connectivity index is 2.12. The van der Waals surface area contributed by atoms with E-state index in [1.807, 2.05) is 0 Å². The Morgan fingerprint density at radius 2 is 1.86 bits per heavy atom. The van der Waals surface area contributed by atoms with Crippen LogP contribution in [0.1, 0.15) is 0 Å². The van der Waals surface area contributed by atoms with Crippen LogP contribution in [0.2, 0.25) is 0 Å². The number of nitrogens with one attached hydrogen (secondary N) is 2. The first-order valence-corrected chi connectivity index (χ1v) is 2.22. The fourth-order valence-electron chi connectivity index (χ4n) is 0.499. The number of nitrogens with zero attached hydrogens (tertiary/aromatic N) is 1. The van der Waals surface area contributed by atoms with Crippen molar-refractivity contribution < 1.29 is 4.48 Å². The first-order chi connectivity index (χ1) is 3.39. The molecule has 0 spiro atoms. The molecule has 0 unspecified atom stereocenters. The first-order valence-electron chi connectivity index (χ1n) is 2.22. The van der Waals surface area contributed by atoms with Gasteiger partial charge in [-0.15, -0.1) is 0 Å². The summed E-state index contributed by atoms with van der Waals surface area (Å²) in [4.78, 5) is 0.670. The summed E-state index contributed by atoms with van der Waals surface area (Å²) in [6.07, 6.45) is 0. The average Bonchev–Trinajstić information content (AvgIpc) is 1.69. The molecule has 0 aliphatic carbocycles. The van der Waals surface area contributed by atoms with E-state index < -0.39 is 0 Å². The first kappa shape index (κ1) is 5.15. The van der Waals surface area contributed by atoms with Crippen molar-refractivity contribution in [3.63, 3.8) is 0 Å². The van der Waals surface area contributed by atoms with Gasteiger partial charge in [-0.05, 0) is 0 Å². The van der Waals surface area contributed by atoms with E-state index in [0.29, 0.717) is 27.6 Å². The lowest BCUT2D eigenvalue weighted by atomic mass is 9.84. The molecule has 0 atom stereocenters. The molecule has 0 aromatic rings. The lowest BCUT2D eigenvalue weighted by molar-refractivity contribution is 0.255. The lowest BCUT2D eigenvalue weighted by Crippen LogP contribution is -2.54. The van der Waals surface area contributed by atoms with E-state index >= 15 is 0 Å². The van der Waals surface area contributed by atoms with Crippen molar-refractivity contribution in [1.82, 2.24) is 15.2 Å². The molecule has 1 aliphatic heterocycles. The zero-order chi connectivity index (χ0) is 5.11. The summed E-state index contributed by atoms with van der Waals surface area (Å²) < 4.78 is 11.9. The van der Waals surface area contributed by atoms with Gasteiger partial charge >= 0.3 is 0 Å². The predicted octanol–water partition coefficient (Wildman–Crippen LogP) is -2.83. The average molecular weight is 98.5 g/mol. The monoisotopic (exact) mass is 99.1 g/mol. The molecule has 1 rings (SSSR count). The molecule has 2 N–H and O–H groups in total. The zero-order valence-electron chi connectivity index (χ0n) is 3.95. The molecule has 0 aromatic carbocycles. The molecule has 1 fully saturated rings. The van der Waals surface area contributed by atoms with Crippen molar-refractivity contribution in [3.8, 4) is 0 Å². The maximum absolute atomic E-state index is 11.9. The molecule has 0 radical (unpaired) electrons. The minimum Gasteiger partial charge on any atom is -0.376 e. The normalized spacial score (nSPS) is 21.9. The minimum absolute atomic E-state index is 0.340. The number of halogens is 1. The number of hydrogen-bond donors (Lipinski definition) is 2. The second-order valence-electron chi connectivity index (χ2n) is 1.46. The summed E-state index contributed by atoms with van der Waals surface area (Å²) in [5.41, 5.74) is 0. The lowest BCUT2D eigenvalue weighted by Gasteiger charge is -2.15. The van der Waals surface area contributed by atoms with Gasteiger partial charge in [-0.2, -0.15) is 4.48 Å². The van der Waals surface area contributed by atoms with Crippen LogP contribution in [-0.2, 0) is 0 Å². The zero-order valence-corrected chi connectivity index (χ0v) is 3.95. The summed E-state index contributed by atoms with van der Waals surface area (Å²) in [6.45, 7) is 0. The third-order valence-electron chi connectivity index (χ3n) is 0.817. The van der Waals surface area contributed by atoms with Crippen LogP contribution in [0.5, 0.6) is 0 Å². The van der Waals surface area contributed by atoms with Crippen molar-refractivity contribution >= 4 is 22.6 Å². The molecular formula is H5B3FN3. The minimum atomic E-state index is 0.340. The molecule has 0 saturated carbocycles. The molecule has 3 nitrogen and oxygen atoms in total. The third kappa shape index (κ3) is 1.50. The van der Waals surface area contributed by atoms with E-state index in [4.69, 9.17) is 0 Å². The van der Waals surface area contributed by atoms with Crippen LogP contribution in [0.3, 0.4) is 0 Å². The fourth-order valence-corrected chi connectivity index (χ4v) is 0.499. The molecule has 0 bridgehead atoms. The summed E-state index contributed by atoms with van der Waals surface area (Å²) in [7, 11) is 1.39. The van der Waals surface area contributed by atoms with Gasteiger partial charge in [-0.25, -0.2) is 4.94 Å². The van der Waals surface area contributed by atoms with Gasteiger partial charge in [0.15, 0.2) is 0 Å². The van der Waals surface area contributed by atoms with Gasteiger partial charge in [0.2, 0.25) is 0 Å². The Morgan fingerprint density at radius 1 is 1.29 bits per heavy atom. The Bertz CT molecular complexity index is 52.1. The molecule has 1 heterocycles. The van der Waals surface area contributed by atoms with Crippen LogP contribution in [0.15, 0.2) is 0 Å². The Hall–Kier alpha value is 0.00481. The van der Waals surface area contributed by atoms with Crippen LogP contribution in [0.4, 0.5) is 4.48 Å². The van der Waals surface area contributed by atoms with Crippen molar-refractivity contribution in [1.29, 1.82) is 0 Å². The highest BCUT2D eigenvalue weighted by Gasteiger charge is 2.10. The number of rotatable bonds is 0. The highest BCUT2D eigenvalue weighted by Crippen LogP contribution is 1.77. The quantitative estimate of drug-likeness (QED) is 0.253. The van der Waals surface area contributed by atoms with Gasteiger partial charge in [0.1, 0.15) is 0 Å². The maximum Gasteiger partial charge on any atom is 0.300 e. The molecule has 1 saturated heterocycles. The van der Waals surface area contributed by atoms with Gasteiger partial charge in [-0.3, -0.25) is 0 Å². The molecule has 0 aromatic heterocycles. The summed E-state index contributed by atoms with van der Waals surface area (Å²) in [6, 6.07) is 0. The van der Waals surface area contributed by atoms with Crippen LogP contribution in [0, 0.1) is 0 Å². The second-order valence-corrected chi connectivity index (χ2v) is 1.46. The summed E-state index contributed by atoms with van der Waals surface area (Å²) in [5, 5.41) is 5.55. The highest BCUT2D eigenvalue weighted by molar-refractivity contribution is 6.64.